The SMILES string of the molecule is Cc1nn(CCC(=O)NC2C3CC4CC(C3)CC2C4)c(C)c1Cl. The van der Waals surface area contributed by atoms with Crippen molar-refractivity contribution in [1.29, 1.82) is 0 Å². The molecule has 0 unspecified atom stereocenters. The minimum atomic E-state index is 0.172. The largest absolute Gasteiger partial charge is 0.353 e. The Labute approximate surface area is 143 Å². The number of hydrogen-bond donors (Lipinski definition) is 1. The molecule has 23 heavy (non-hydrogen) atoms. The maximum absolute atomic E-state index is 12.4. The maximum Gasteiger partial charge on any atom is 0.222 e. The fourth-order valence-corrected chi connectivity index (χ4v) is 5.65. The number of nitrogens with zero attached hydrogens (tertiary/aromatic N) is 2. The third-order valence-electron chi connectivity index (χ3n) is 6.40. The molecule has 4 aliphatic rings. The van der Waals surface area contributed by atoms with Crippen molar-refractivity contribution in [3.63, 3.8) is 0 Å². The van der Waals surface area contributed by atoms with Crippen molar-refractivity contribution in [3.05, 3.63) is 16.4 Å². The van der Waals surface area contributed by atoms with Crippen LogP contribution in [0.4, 0.5) is 0 Å². The van der Waals surface area contributed by atoms with Crippen LogP contribution in [-0.4, -0.2) is 21.7 Å². The van der Waals surface area contributed by atoms with Crippen molar-refractivity contribution in [3.8, 4) is 0 Å². The number of amides is 1. The molecule has 0 radical (unpaired) electrons. The van der Waals surface area contributed by atoms with E-state index in [2.05, 4.69) is 10.4 Å². The normalized spacial score (nSPS) is 34.8. The first-order valence-corrected chi connectivity index (χ1v) is 9.38. The lowest BCUT2D eigenvalue weighted by Crippen LogP contribution is -2.55. The highest BCUT2D eigenvalue weighted by molar-refractivity contribution is 6.31. The van der Waals surface area contributed by atoms with Gasteiger partial charge in [-0.1, -0.05) is 11.6 Å². The third-order valence-corrected chi connectivity index (χ3v) is 6.95. The molecule has 1 amide bonds. The molecule has 0 aromatic carbocycles. The first-order valence-electron chi connectivity index (χ1n) is 9.00. The number of carbonyl (C=O) groups is 1. The number of halogens is 1. The molecule has 5 rings (SSSR count). The van der Waals surface area contributed by atoms with E-state index < -0.39 is 0 Å². The van der Waals surface area contributed by atoms with Crippen LogP contribution in [0.15, 0.2) is 0 Å². The van der Waals surface area contributed by atoms with Crippen molar-refractivity contribution in [2.45, 2.75) is 65.0 Å². The van der Waals surface area contributed by atoms with E-state index in [1.807, 2.05) is 18.5 Å². The molecule has 1 aromatic heterocycles. The average molecular weight is 336 g/mol. The van der Waals surface area contributed by atoms with Crippen molar-refractivity contribution in [1.82, 2.24) is 15.1 Å². The lowest BCUT2D eigenvalue weighted by atomic mass is 9.54. The molecule has 1 aromatic rings. The summed E-state index contributed by atoms with van der Waals surface area (Å²) in [5.41, 5.74) is 1.79. The smallest absolute Gasteiger partial charge is 0.222 e. The molecule has 126 valence electrons. The Morgan fingerprint density at radius 1 is 1.17 bits per heavy atom. The predicted octanol–water partition coefficient (Wildman–Crippen LogP) is 3.48. The molecular weight excluding hydrogens is 310 g/mol. The predicted molar refractivity (Wildman–Crippen MR) is 90.3 cm³/mol. The monoisotopic (exact) mass is 335 g/mol. The highest BCUT2D eigenvalue weighted by atomic mass is 35.5. The summed E-state index contributed by atoms with van der Waals surface area (Å²) in [5.74, 6) is 3.53. The van der Waals surface area contributed by atoms with Crippen LogP contribution in [0, 0.1) is 37.5 Å². The van der Waals surface area contributed by atoms with Crippen LogP contribution in [0.5, 0.6) is 0 Å². The topological polar surface area (TPSA) is 46.9 Å². The highest BCUT2D eigenvalue weighted by Gasteiger charge is 2.48. The first kappa shape index (κ1) is 15.5. The van der Waals surface area contributed by atoms with E-state index >= 15 is 0 Å². The molecule has 0 spiro atoms. The summed E-state index contributed by atoms with van der Waals surface area (Å²) in [6.45, 7) is 4.47. The summed E-state index contributed by atoms with van der Waals surface area (Å²) in [6, 6.07) is 0.430. The van der Waals surface area contributed by atoms with Gasteiger partial charge in [-0.2, -0.15) is 5.10 Å². The molecule has 4 nitrogen and oxygen atoms in total. The zero-order valence-corrected chi connectivity index (χ0v) is 14.8. The molecule has 0 aliphatic heterocycles. The van der Waals surface area contributed by atoms with Gasteiger partial charge >= 0.3 is 0 Å². The standard InChI is InChI=1S/C18H26ClN3O/c1-10-17(19)11(2)22(21-10)4-3-16(23)20-18-14-6-12-5-13(8-14)9-15(18)7-12/h12-15,18H,3-9H2,1-2H3,(H,20,23). The van der Waals surface area contributed by atoms with Gasteiger partial charge < -0.3 is 5.32 Å². The van der Waals surface area contributed by atoms with Gasteiger partial charge in [0.25, 0.3) is 0 Å². The van der Waals surface area contributed by atoms with Crippen molar-refractivity contribution >= 4 is 17.5 Å². The summed E-state index contributed by atoms with van der Waals surface area (Å²) < 4.78 is 1.86. The molecule has 4 bridgehead atoms. The Morgan fingerprint density at radius 2 is 1.78 bits per heavy atom. The first-order chi connectivity index (χ1) is 11.0. The number of aromatic nitrogens is 2. The van der Waals surface area contributed by atoms with Crippen LogP contribution in [0.3, 0.4) is 0 Å². The fourth-order valence-electron chi connectivity index (χ4n) is 5.52. The molecule has 1 N–H and O–H groups in total. The number of rotatable bonds is 4. The van der Waals surface area contributed by atoms with Gasteiger partial charge in [0.1, 0.15) is 0 Å². The van der Waals surface area contributed by atoms with Crippen LogP contribution in [0.2, 0.25) is 5.02 Å². The van der Waals surface area contributed by atoms with Crippen molar-refractivity contribution < 1.29 is 4.79 Å². The van der Waals surface area contributed by atoms with Crippen LogP contribution in [0.1, 0.15) is 49.9 Å². The van der Waals surface area contributed by atoms with Crippen LogP contribution in [0.25, 0.3) is 0 Å². The van der Waals surface area contributed by atoms with E-state index in [1.165, 1.54) is 32.1 Å². The number of carbonyl (C=O) groups excluding carboxylic acids is 1. The zero-order chi connectivity index (χ0) is 16.1. The molecule has 4 fully saturated rings. The Bertz CT molecular complexity index is 596. The molecule has 0 saturated heterocycles. The third kappa shape index (κ3) is 2.79. The van der Waals surface area contributed by atoms with Crippen LogP contribution in [-0.2, 0) is 11.3 Å². The van der Waals surface area contributed by atoms with E-state index in [9.17, 15) is 4.79 Å². The fraction of sp³-hybridized carbons (Fsp3) is 0.778. The summed E-state index contributed by atoms with van der Waals surface area (Å²) in [7, 11) is 0. The van der Waals surface area contributed by atoms with Gasteiger partial charge in [0.15, 0.2) is 0 Å². The van der Waals surface area contributed by atoms with E-state index in [0.29, 0.717) is 24.0 Å². The van der Waals surface area contributed by atoms with Crippen LogP contribution >= 0.6 is 11.6 Å². The summed E-state index contributed by atoms with van der Waals surface area (Å²) in [5, 5.41) is 8.48. The molecular formula is C18H26ClN3O. The minimum absolute atomic E-state index is 0.172. The molecule has 1 heterocycles. The van der Waals surface area contributed by atoms with Crippen molar-refractivity contribution in [2.24, 2.45) is 23.7 Å². The van der Waals surface area contributed by atoms with Gasteiger partial charge in [-0.3, -0.25) is 9.48 Å². The summed E-state index contributed by atoms with van der Waals surface area (Å²) in [6.07, 6.45) is 7.29. The van der Waals surface area contributed by atoms with Gasteiger partial charge in [-0.05, 0) is 69.6 Å². The van der Waals surface area contributed by atoms with Crippen molar-refractivity contribution in [2.75, 3.05) is 0 Å². The molecule has 4 aliphatic carbocycles. The van der Waals surface area contributed by atoms with E-state index in [1.54, 1.807) is 0 Å². The summed E-state index contributed by atoms with van der Waals surface area (Å²) >= 11 is 6.17. The second-order valence-electron chi connectivity index (χ2n) is 7.98. The van der Waals surface area contributed by atoms with E-state index in [4.69, 9.17) is 11.6 Å². The molecule has 0 atom stereocenters. The Balaban J connectivity index is 1.34. The van der Waals surface area contributed by atoms with Gasteiger partial charge in [0.05, 0.1) is 23.0 Å². The zero-order valence-electron chi connectivity index (χ0n) is 14.0. The lowest BCUT2D eigenvalue weighted by molar-refractivity contribution is -0.125. The second-order valence-corrected chi connectivity index (χ2v) is 8.36. The Hall–Kier alpha value is -1.03. The lowest BCUT2D eigenvalue weighted by Gasteiger charge is -2.54. The van der Waals surface area contributed by atoms with Gasteiger partial charge in [0, 0.05) is 12.5 Å². The van der Waals surface area contributed by atoms with Gasteiger partial charge in [0.2, 0.25) is 5.91 Å². The molecule has 4 saturated carbocycles. The maximum atomic E-state index is 12.4. The van der Waals surface area contributed by atoms with Gasteiger partial charge in [-0.15, -0.1) is 0 Å². The minimum Gasteiger partial charge on any atom is -0.353 e. The Morgan fingerprint density at radius 3 is 2.30 bits per heavy atom. The van der Waals surface area contributed by atoms with Crippen LogP contribution < -0.4 is 5.32 Å². The quantitative estimate of drug-likeness (QED) is 0.915. The number of hydrogen-bond acceptors (Lipinski definition) is 2. The molecule has 5 heteroatoms. The summed E-state index contributed by atoms with van der Waals surface area (Å²) in [4.78, 5) is 12.4. The van der Waals surface area contributed by atoms with Gasteiger partial charge in [-0.25, -0.2) is 0 Å². The van der Waals surface area contributed by atoms with E-state index in [0.717, 1.165) is 35.1 Å². The average Bonchev–Trinajstić information content (AvgIpc) is 2.75. The number of aryl methyl sites for hydroxylation is 2. The highest BCUT2D eigenvalue weighted by Crippen LogP contribution is 2.53. The second kappa shape index (κ2) is 5.80. The Kier molecular flexibility index (Phi) is 3.91. The number of nitrogens with one attached hydrogen (secondary N) is 1. The van der Waals surface area contributed by atoms with E-state index in [-0.39, 0.29) is 5.91 Å².